The molecule has 0 aliphatic rings. The highest BCUT2D eigenvalue weighted by Gasteiger charge is 2.02. The van der Waals surface area contributed by atoms with Gasteiger partial charge < -0.3 is 15.4 Å². The Morgan fingerprint density at radius 1 is 0.957 bits per heavy atom. The van der Waals surface area contributed by atoms with Crippen molar-refractivity contribution in [3.05, 3.63) is 52.5 Å². The molecular weight excluding hydrogens is 331 g/mol. The quantitative estimate of drug-likeness (QED) is 0.568. The monoisotopic (exact) mass is 352 g/mol. The van der Waals surface area contributed by atoms with Gasteiger partial charge in [-0.25, -0.2) is 0 Å². The lowest BCUT2D eigenvalue weighted by atomic mass is 10.3. The highest BCUT2D eigenvalue weighted by molar-refractivity contribution is 6.35. The van der Waals surface area contributed by atoms with Crippen LogP contribution >= 0.6 is 23.2 Å². The molecule has 0 atom stereocenters. The number of unbranched alkanes of at least 4 members (excludes halogenated alkanes) is 1. The average molecular weight is 353 g/mol. The van der Waals surface area contributed by atoms with Gasteiger partial charge in [-0.1, -0.05) is 48.7 Å². The molecule has 2 rings (SSSR count). The minimum absolute atomic E-state index is 0.627. The van der Waals surface area contributed by atoms with Gasteiger partial charge in [0.15, 0.2) is 0 Å². The molecule has 2 aromatic rings. The number of hydrogen-bond donors (Lipinski definition) is 2. The van der Waals surface area contributed by atoms with Gasteiger partial charge in [-0.15, -0.1) is 0 Å². The van der Waals surface area contributed by atoms with Crippen LogP contribution in [0.15, 0.2) is 42.5 Å². The van der Waals surface area contributed by atoms with Crippen LogP contribution in [0.1, 0.15) is 19.8 Å². The predicted molar refractivity (Wildman–Crippen MR) is 100 cm³/mol. The molecule has 0 aliphatic heterocycles. The normalized spacial score (nSPS) is 10.4. The zero-order valence-corrected chi connectivity index (χ0v) is 14.8. The average Bonchev–Trinajstić information content (AvgIpc) is 2.52. The second-order valence-corrected chi connectivity index (χ2v) is 6.08. The Balaban J connectivity index is 1.81. The number of halogens is 2. The van der Waals surface area contributed by atoms with Gasteiger partial charge in [-0.05, 0) is 36.8 Å². The van der Waals surface area contributed by atoms with Crippen LogP contribution in [0, 0.1) is 0 Å². The molecule has 0 unspecified atom stereocenters. The van der Waals surface area contributed by atoms with E-state index < -0.39 is 0 Å². The van der Waals surface area contributed by atoms with Crippen molar-refractivity contribution >= 4 is 34.6 Å². The third-order valence-corrected chi connectivity index (χ3v) is 3.71. The van der Waals surface area contributed by atoms with Gasteiger partial charge in [-0.2, -0.15) is 0 Å². The number of hydrogen-bond acceptors (Lipinski definition) is 3. The smallest absolute Gasteiger partial charge is 0.142 e. The molecule has 0 radical (unpaired) electrons. The summed E-state index contributed by atoms with van der Waals surface area (Å²) in [5.41, 5.74) is 1.92. The zero-order valence-electron chi connectivity index (χ0n) is 13.2. The first-order chi connectivity index (χ1) is 11.2. The molecule has 23 heavy (non-hydrogen) atoms. The molecule has 0 aromatic heterocycles. The lowest BCUT2D eigenvalue weighted by Crippen LogP contribution is -2.14. The molecule has 0 saturated heterocycles. The Bertz CT molecular complexity index is 599. The molecule has 5 heteroatoms. The van der Waals surface area contributed by atoms with Crippen molar-refractivity contribution in [2.75, 3.05) is 30.3 Å². The molecule has 2 aromatic carbocycles. The summed E-state index contributed by atoms with van der Waals surface area (Å²) in [6.07, 6.45) is 2.19. The molecule has 0 aliphatic carbocycles. The van der Waals surface area contributed by atoms with Crippen LogP contribution in [0.2, 0.25) is 10.0 Å². The summed E-state index contributed by atoms with van der Waals surface area (Å²) in [6.45, 7) is 4.41. The maximum absolute atomic E-state index is 5.98. The van der Waals surface area contributed by atoms with E-state index in [2.05, 4.69) is 17.6 Å². The molecule has 124 valence electrons. The van der Waals surface area contributed by atoms with E-state index in [1.54, 1.807) is 6.07 Å². The first-order valence-electron chi connectivity index (χ1n) is 7.84. The van der Waals surface area contributed by atoms with Crippen molar-refractivity contribution in [2.24, 2.45) is 0 Å². The Labute approximate surface area is 147 Å². The lowest BCUT2D eigenvalue weighted by molar-refractivity contribution is 0.311. The fourth-order valence-electron chi connectivity index (χ4n) is 2.12. The molecule has 0 spiro atoms. The molecule has 0 fully saturated rings. The predicted octanol–water partition coefficient (Wildman–Crippen LogP) is 5.70. The summed E-state index contributed by atoms with van der Waals surface area (Å²) < 4.78 is 5.81. The van der Waals surface area contributed by atoms with Gasteiger partial charge in [0.2, 0.25) is 0 Å². The van der Waals surface area contributed by atoms with Gasteiger partial charge in [0.25, 0.3) is 0 Å². The van der Waals surface area contributed by atoms with E-state index in [1.165, 1.54) is 0 Å². The van der Waals surface area contributed by atoms with Gasteiger partial charge in [-0.3, -0.25) is 0 Å². The van der Waals surface area contributed by atoms with Crippen LogP contribution in [0.4, 0.5) is 11.4 Å². The maximum atomic E-state index is 5.98. The number of ether oxygens (including phenoxy) is 1. The summed E-state index contributed by atoms with van der Waals surface area (Å²) in [5, 5.41) is 7.94. The molecule has 2 N–H and O–H groups in total. The number of rotatable bonds is 9. The van der Waals surface area contributed by atoms with Crippen LogP contribution in [0.25, 0.3) is 0 Å². The summed E-state index contributed by atoms with van der Waals surface area (Å²) in [7, 11) is 0. The topological polar surface area (TPSA) is 33.3 Å². The number of anilines is 2. The van der Waals surface area contributed by atoms with E-state index in [0.29, 0.717) is 10.0 Å². The van der Waals surface area contributed by atoms with Gasteiger partial charge in [0.1, 0.15) is 5.75 Å². The Morgan fingerprint density at radius 2 is 1.65 bits per heavy atom. The second kappa shape index (κ2) is 9.53. The zero-order chi connectivity index (χ0) is 16.5. The van der Waals surface area contributed by atoms with Crippen molar-refractivity contribution in [3.8, 4) is 5.75 Å². The summed E-state index contributed by atoms with van der Waals surface area (Å²) in [5.74, 6) is 0.895. The van der Waals surface area contributed by atoms with Crippen molar-refractivity contribution in [3.63, 3.8) is 0 Å². The van der Waals surface area contributed by atoms with Crippen molar-refractivity contribution in [1.82, 2.24) is 0 Å². The van der Waals surface area contributed by atoms with E-state index in [4.69, 9.17) is 27.9 Å². The minimum Gasteiger partial charge on any atom is -0.491 e. The summed E-state index contributed by atoms with van der Waals surface area (Å²) in [6, 6.07) is 13.4. The van der Waals surface area contributed by atoms with E-state index in [-0.39, 0.29) is 0 Å². The van der Waals surface area contributed by atoms with Gasteiger partial charge in [0.05, 0.1) is 12.3 Å². The van der Waals surface area contributed by atoms with Crippen LogP contribution in [0.5, 0.6) is 5.75 Å². The van der Waals surface area contributed by atoms with Crippen LogP contribution in [-0.4, -0.2) is 19.7 Å². The lowest BCUT2D eigenvalue weighted by Gasteiger charge is -2.14. The fraction of sp³-hybridized carbons (Fsp3) is 0.333. The van der Waals surface area contributed by atoms with Crippen molar-refractivity contribution < 1.29 is 4.74 Å². The number of para-hydroxylation sites is 2. The Kier molecular flexibility index (Phi) is 7.37. The van der Waals surface area contributed by atoms with Gasteiger partial charge in [0, 0.05) is 28.8 Å². The first-order valence-corrected chi connectivity index (χ1v) is 8.60. The van der Waals surface area contributed by atoms with E-state index in [0.717, 1.165) is 49.7 Å². The number of benzene rings is 2. The largest absolute Gasteiger partial charge is 0.491 e. The highest BCUT2D eigenvalue weighted by atomic mass is 35.5. The first kappa shape index (κ1) is 17.8. The third kappa shape index (κ3) is 6.20. The highest BCUT2D eigenvalue weighted by Crippen LogP contribution is 2.24. The third-order valence-electron chi connectivity index (χ3n) is 3.27. The fourth-order valence-corrected chi connectivity index (χ4v) is 2.65. The van der Waals surface area contributed by atoms with Crippen LogP contribution in [0.3, 0.4) is 0 Å². The van der Waals surface area contributed by atoms with E-state index in [9.17, 15) is 0 Å². The summed E-state index contributed by atoms with van der Waals surface area (Å²) >= 11 is 12.0. The Morgan fingerprint density at radius 3 is 2.39 bits per heavy atom. The molecule has 0 amide bonds. The maximum Gasteiger partial charge on any atom is 0.142 e. The molecular formula is C18H22Cl2N2O. The van der Waals surface area contributed by atoms with Gasteiger partial charge >= 0.3 is 0 Å². The molecule has 0 heterocycles. The van der Waals surface area contributed by atoms with Crippen LogP contribution < -0.4 is 15.4 Å². The van der Waals surface area contributed by atoms with E-state index in [1.807, 2.05) is 36.4 Å². The number of nitrogens with one attached hydrogen (secondary N) is 2. The SMILES string of the molecule is CCCCOc1ccccc1NCCNc1cc(Cl)cc(Cl)c1. The van der Waals surface area contributed by atoms with Crippen molar-refractivity contribution in [2.45, 2.75) is 19.8 Å². The molecule has 0 bridgehead atoms. The molecule has 0 saturated carbocycles. The van der Waals surface area contributed by atoms with Crippen LogP contribution in [-0.2, 0) is 0 Å². The minimum atomic E-state index is 0.627. The second-order valence-electron chi connectivity index (χ2n) is 5.21. The molecule has 3 nitrogen and oxygen atoms in total. The summed E-state index contributed by atoms with van der Waals surface area (Å²) in [4.78, 5) is 0. The standard InChI is InChI=1S/C18H22Cl2N2O/c1-2-3-10-23-18-7-5-4-6-17(18)22-9-8-21-16-12-14(19)11-15(20)13-16/h4-7,11-13,21-22H,2-3,8-10H2,1H3. The van der Waals surface area contributed by atoms with Crippen molar-refractivity contribution in [1.29, 1.82) is 0 Å². The van der Waals surface area contributed by atoms with E-state index >= 15 is 0 Å². The Hall–Kier alpha value is -1.58.